The van der Waals surface area contributed by atoms with E-state index in [1.807, 2.05) is 42.9 Å². The lowest BCUT2D eigenvalue weighted by Crippen LogP contribution is -1.95. The predicted octanol–water partition coefficient (Wildman–Crippen LogP) is 4.26. The monoisotopic (exact) mass is 295 g/mol. The van der Waals surface area contributed by atoms with Gasteiger partial charge in [-0.25, -0.2) is 4.98 Å². The molecular formula is C20H13N3. The summed E-state index contributed by atoms with van der Waals surface area (Å²) in [7, 11) is 0. The van der Waals surface area contributed by atoms with Gasteiger partial charge in [0.15, 0.2) is 0 Å². The summed E-state index contributed by atoms with van der Waals surface area (Å²) in [5.74, 6) is 0. The van der Waals surface area contributed by atoms with Gasteiger partial charge in [0.25, 0.3) is 0 Å². The van der Waals surface area contributed by atoms with Crippen molar-refractivity contribution in [1.29, 1.82) is 0 Å². The van der Waals surface area contributed by atoms with Gasteiger partial charge in [-0.3, -0.25) is 9.97 Å². The number of hydrogen-bond acceptors (Lipinski definition) is 3. The van der Waals surface area contributed by atoms with Crippen LogP contribution in [0.5, 0.6) is 0 Å². The second-order valence-corrected chi connectivity index (χ2v) is 5.75. The predicted molar refractivity (Wildman–Crippen MR) is 91.0 cm³/mol. The lowest BCUT2D eigenvalue weighted by atomic mass is 10.00. The highest BCUT2D eigenvalue weighted by Gasteiger charge is 2.25. The summed E-state index contributed by atoms with van der Waals surface area (Å²) < 4.78 is 0. The van der Waals surface area contributed by atoms with Gasteiger partial charge in [-0.15, -0.1) is 0 Å². The normalized spacial score (nSPS) is 12.2. The van der Waals surface area contributed by atoms with Crippen LogP contribution in [0.4, 0.5) is 0 Å². The molecule has 0 atom stereocenters. The number of hydrogen-bond donors (Lipinski definition) is 0. The van der Waals surface area contributed by atoms with Crippen molar-refractivity contribution in [2.75, 3.05) is 0 Å². The van der Waals surface area contributed by atoms with E-state index < -0.39 is 0 Å². The fourth-order valence-electron chi connectivity index (χ4n) is 3.45. The SMILES string of the molecule is c1ccc2c(c1)Cc1c(-c3ccncc3)nc3cccnc3c1-2. The van der Waals surface area contributed by atoms with Crippen LogP contribution in [0.15, 0.2) is 67.1 Å². The quantitative estimate of drug-likeness (QED) is 0.464. The van der Waals surface area contributed by atoms with E-state index in [0.717, 1.165) is 28.7 Å². The standard InChI is InChI=1S/C20H13N3/c1-2-5-15-14(4-1)12-16-18(15)20-17(6-3-9-22-20)23-19(16)13-7-10-21-11-8-13/h1-11H,12H2. The van der Waals surface area contributed by atoms with Crippen LogP contribution in [0.3, 0.4) is 0 Å². The van der Waals surface area contributed by atoms with Crippen LogP contribution in [0.1, 0.15) is 11.1 Å². The molecule has 0 radical (unpaired) electrons. The molecule has 0 spiro atoms. The molecule has 23 heavy (non-hydrogen) atoms. The van der Waals surface area contributed by atoms with Crippen molar-refractivity contribution in [2.24, 2.45) is 0 Å². The molecule has 3 heterocycles. The fourth-order valence-corrected chi connectivity index (χ4v) is 3.45. The Labute approximate surface area is 133 Å². The molecule has 0 fully saturated rings. The van der Waals surface area contributed by atoms with E-state index in [9.17, 15) is 0 Å². The van der Waals surface area contributed by atoms with E-state index in [0.29, 0.717) is 0 Å². The highest BCUT2D eigenvalue weighted by atomic mass is 14.8. The first-order chi connectivity index (χ1) is 11.4. The average Bonchev–Trinajstić information content (AvgIpc) is 3.01. The van der Waals surface area contributed by atoms with Gasteiger partial charge in [0, 0.05) is 36.1 Å². The van der Waals surface area contributed by atoms with Gasteiger partial charge in [0.2, 0.25) is 0 Å². The highest BCUT2D eigenvalue weighted by Crippen LogP contribution is 2.43. The van der Waals surface area contributed by atoms with Crippen LogP contribution in [-0.4, -0.2) is 15.0 Å². The van der Waals surface area contributed by atoms with Crippen molar-refractivity contribution in [2.45, 2.75) is 6.42 Å². The smallest absolute Gasteiger partial charge is 0.0968 e. The largest absolute Gasteiger partial charge is 0.265 e. The van der Waals surface area contributed by atoms with Crippen LogP contribution in [0.25, 0.3) is 33.4 Å². The fraction of sp³-hybridized carbons (Fsp3) is 0.0500. The van der Waals surface area contributed by atoms with E-state index in [1.54, 1.807) is 0 Å². The van der Waals surface area contributed by atoms with Gasteiger partial charge >= 0.3 is 0 Å². The molecule has 0 saturated carbocycles. The summed E-state index contributed by atoms with van der Waals surface area (Å²) >= 11 is 0. The summed E-state index contributed by atoms with van der Waals surface area (Å²) in [5.41, 5.74) is 9.21. The molecule has 4 aromatic rings. The Bertz CT molecular complexity index is 1040. The molecule has 1 aliphatic carbocycles. The molecule has 1 aromatic carbocycles. The second kappa shape index (κ2) is 4.71. The highest BCUT2D eigenvalue weighted by molar-refractivity contribution is 5.99. The Balaban J connectivity index is 1.92. The van der Waals surface area contributed by atoms with Crippen molar-refractivity contribution in [3.8, 4) is 22.4 Å². The molecule has 0 bridgehead atoms. The summed E-state index contributed by atoms with van der Waals surface area (Å²) in [4.78, 5) is 13.6. The molecule has 108 valence electrons. The topological polar surface area (TPSA) is 38.7 Å². The number of fused-ring (bicyclic) bond motifs is 5. The molecule has 0 N–H and O–H groups in total. The molecule has 1 aliphatic rings. The molecule has 0 saturated heterocycles. The summed E-state index contributed by atoms with van der Waals surface area (Å²) in [6, 6.07) is 16.6. The van der Waals surface area contributed by atoms with Crippen LogP contribution in [0, 0.1) is 0 Å². The van der Waals surface area contributed by atoms with Gasteiger partial charge in [0.1, 0.15) is 0 Å². The first-order valence-corrected chi connectivity index (χ1v) is 7.68. The lowest BCUT2D eigenvalue weighted by molar-refractivity contribution is 1.21. The first kappa shape index (κ1) is 12.5. The Morgan fingerprint density at radius 1 is 0.826 bits per heavy atom. The van der Waals surface area contributed by atoms with Crippen molar-refractivity contribution in [3.05, 3.63) is 78.2 Å². The lowest BCUT2D eigenvalue weighted by Gasteiger charge is -2.11. The Kier molecular flexibility index (Phi) is 2.56. The number of rotatable bonds is 1. The third-order valence-corrected chi connectivity index (χ3v) is 4.45. The molecule has 3 aromatic heterocycles. The molecule has 0 amide bonds. The molecule has 0 aliphatic heterocycles. The number of benzene rings is 1. The van der Waals surface area contributed by atoms with Crippen LogP contribution in [-0.2, 0) is 6.42 Å². The average molecular weight is 295 g/mol. The third kappa shape index (κ3) is 1.80. The maximum Gasteiger partial charge on any atom is 0.0968 e. The third-order valence-electron chi connectivity index (χ3n) is 4.45. The summed E-state index contributed by atoms with van der Waals surface area (Å²) in [6.45, 7) is 0. The van der Waals surface area contributed by atoms with Crippen molar-refractivity contribution in [1.82, 2.24) is 15.0 Å². The zero-order chi connectivity index (χ0) is 15.2. The van der Waals surface area contributed by atoms with Gasteiger partial charge in [0.05, 0.1) is 16.7 Å². The van der Waals surface area contributed by atoms with E-state index in [1.165, 1.54) is 22.3 Å². The van der Waals surface area contributed by atoms with Gasteiger partial charge in [-0.05, 0) is 41.0 Å². The van der Waals surface area contributed by atoms with Crippen molar-refractivity contribution < 1.29 is 0 Å². The number of aromatic nitrogens is 3. The Hall–Kier alpha value is -3.07. The number of nitrogens with zero attached hydrogens (tertiary/aromatic N) is 3. The number of pyridine rings is 3. The maximum absolute atomic E-state index is 4.91. The second-order valence-electron chi connectivity index (χ2n) is 5.75. The minimum atomic E-state index is 0.905. The van der Waals surface area contributed by atoms with E-state index in [2.05, 4.69) is 34.2 Å². The summed E-state index contributed by atoms with van der Waals surface area (Å²) in [6.07, 6.45) is 6.39. The first-order valence-electron chi connectivity index (χ1n) is 7.68. The van der Waals surface area contributed by atoms with Crippen molar-refractivity contribution >= 4 is 11.0 Å². The minimum absolute atomic E-state index is 0.905. The molecular weight excluding hydrogens is 282 g/mol. The summed E-state index contributed by atoms with van der Waals surface area (Å²) in [5, 5.41) is 0. The molecule has 3 heteroatoms. The van der Waals surface area contributed by atoms with Gasteiger partial charge in [-0.1, -0.05) is 24.3 Å². The maximum atomic E-state index is 4.91. The Morgan fingerprint density at radius 2 is 1.70 bits per heavy atom. The zero-order valence-electron chi connectivity index (χ0n) is 12.4. The Morgan fingerprint density at radius 3 is 2.61 bits per heavy atom. The van der Waals surface area contributed by atoms with Crippen LogP contribution >= 0.6 is 0 Å². The van der Waals surface area contributed by atoms with E-state index in [-0.39, 0.29) is 0 Å². The van der Waals surface area contributed by atoms with Gasteiger partial charge in [-0.2, -0.15) is 0 Å². The van der Waals surface area contributed by atoms with Gasteiger partial charge < -0.3 is 0 Å². The molecule has 0 unspecified atom stereocenters. The molecule has 3 nitrogen and oxygen atoms in total. The van der Waals surface area contributed by atoms with Crippen LogP contribution < -0.4 is 0 Å². The van der Waals surface area contributed by atoms with E-state index in [4.69, 9.17) is 4.98 Å². The van der Waals surface area contributed by atoms with E-state index >= 15 is 0 Å². The minimum Gasteiger partial charge on any atom is -0.265 e. The zero-order valence-corrected chi connectivity index (χ0v) is 12.4. The molecule has 5 rings (SSSR count). The van der Waals surface area contributed by atoms with Crippen molar-refractivity contribution in [3.63, 3.8) is 0 Å². The van der Waals surface area contributed by atoms with Crippen LogP contribution in [0.2, 0.25) is 0 Å².